The van der Waals surface area contributed by atoms with Crippen LogP contribution < -0.4 is 5.32 Å². The van der Waals surface area contributed by atoms with Crippen LogP contribution >= 0.6 is 0 Å². The number of alkyl halides is 4. The van der Waals surface area contributed by atoms with Crippen molar-refractivity contribution >= 4 is 11.6 Å². The van der Waals surface area contributed by atoms with Gasteiger partial charge in [-0.2, -0.15) is 5.10 Å². The fraction of sp³-hybridized carbons (Fsp3) is 0.375. The molecule has 1 heterocycles. The second-order valence-electron chi connectivity index (χ2n) is 5.90. The number of carbonyl (C=O) groups excluding carboxylic acids is 1. The number of aromatic nitrogens is 2. The molecule has 9 nitrogen and oxygen atoms in total. The molecule has 0 aliphatic rings. The van der Waals surface area contributed by atoms with E-state index in [0.29, 0.717) is 10.7 Å². The topological polar surface area (TPSA) is 131 Å². The van der Waals surface area contributed by atoms with Crippen molar-refractivity contribution in [3.05, 3.63) is 57.4 Å². The molecule has 0 radical (unpaired) electrons. The SMILES string of the molecule is O=C(Cn1nc(C(F)F)cc1C(F)F)NC(CO)C(O)c1ccc([N+](=O)[O-])cc1. The highest BCUT2D eigenvalue weighted by molar-refractivity contribution is 5.76. The molecule has 13 heteroatoms. The number of benzene rings is 1. The second-order valence-corrected chi connectivity index (χ2v) is 5.90. The summed E-state index contributed by atoms with van der Waals surface area (Å²) in [7, 11) is 0. The first-order chi connectivity index (χ1) is 13.6. The molecule has 2 rings (SSSR count). The first-order valence-electron chi connectivity index (χ1n) is 8.10. The number of nitro groups is 1. The van der Waals surface area contributed by atoms with E-state index < -0.39 is 60.4 Å². The summed E-state index contributed by atoms with van der Waals surface area (Å²) in [5.41, 5.74) is -1.90. The molecular weight excluding hydrogens is 404 g/mol. The van der Waals surface area contributed by atoms with Gasteiger partial charge in [-0.3, -0.25) is 19.6 Å². The number of hydrogen-bond acceptors (Lipinski definition) is 6. The van der Waals surface area contributed by atoms with E-state index in [2.05, 4.69) is 10.4 Å². The van der Waals surface area contributed by atoms with E-state index in [9.17, 15) is 42.7 Å². The number of nitro benzene ring substituents is 1. The van der Waals surface area contributed by atoms with Crippen molar-refractivity contribution < 1.29 is 37.5 Å². The van der Waals surface area contributed by atoms with Crippen molar-refractivity contribution in [1.82, 2.24) is 15.1 Å². The maximum absolute atomic E-state index is 13.0. The molecule has 0 bridgehead atoms. The number of halogens is 4. The zero-order valence-electron chi connectivity index (χ0n) is 14.6. The number of aliphatic hydroxyl groups excluding tert-OH is 2. The Bertz CT molecular complexity index is 859. The Morgan fingerprint density at radius 3 is 2.31 bits per heavy atom. The molecule has 0 spiro atoms. The number of amides is 1. The Balaban J connectivity index is 2.10. The molecule has 0 saturated heterocycles. The number of nitrogens with zero attached hydrogens (tertiary/aromatic N) is 3. The monoisotopic (exact) mass is 420 g/mol. The van der Waals surface area contributed by atoms with Crippen LogP contribution in [0.3, 0.4) is 0 Å². The van der Waals surface area contributed by atoms with E-state index in [1.54, 1.807) is 0 Å². The van der Waals surface area contributed by atoms with Gasteiger partial charge in [0.2, 0.25) is 5.91 Å². The fourth-order valence-electron chi connectivity index (χ4n) is 2.50. The van der Waals surface area contributed by atoms with Gasteiger partial charge in [0.05, 0.1) is 17.6 Å². The van der Waals surface area contributed by atoms with Crippen LogP contribution in [0.2, 0.25) is 0 Å². The Kier molecular flexibility index (Phi) is 7.23. The molecule has 2 atom stereocenters. The van der Waals surface area contributed by atoms with E-state index in [4.69, 9.17) is 0 Å². The molecule has 2 aromatic rings. The average Bonchev–Trinajstić information content (AvgIpc) is 3.10. The van der Waals surface area contributed by atoms with E-state index >= 15 is 0 Å². The Labute approximate surface area is 160 Å². The second kappa shape index (κ2) is 9.43. The van der Waals surface area contributed by atoms with Crippen LogP contribution in [0.1, 0.15) is 35.9 Å². The maximum Gasteiger partial charge on any atom is 0.282 e. The largest absolute Gasteiger partial charge is 0.394 e. The molecule has 29 heavy (non-hydrogen) atoms. The van der Waals surface area contributed by atoms with Crippen molar-refractivity contribution in [1.29, 1.82) is 0 Å². The minimum atomic E-state index is -3.15. The number of nitrogens with one attached hydrogen (secondary N) is 1. The van der Waals surface area contributed by atoms with Crippen LogP contribution in [0.25, 0.3) is 0 Å². The Morgan fingerprint density at radius 1 is 1.21 bits per heavy atom. The fourth-order valence-corrected chi connectivity index (χ4v) is 2.50. The number of non-ortho nitro benzene ring substituents is 1. The van der Waals surface area contributed by atoms with Crippen molar-refractivity contribution in [2.75, 3.05) is 6.61 Å². The lowest BCUT2D eigenvalue weighted by molar-refractivity contribution is -0.384. The van der Waals surface area contributed by atoms with Crippen LogP contribution in [0.15, 0.2) is 30.3 Å². The minimum Gasteiger partial charge on any atom is -0.394 e. The predicted molar refractivity (Wildman–Crippen MR) is 89.2 cm³/mol. The van der Waals surface area contributed by atoms with Crippen molar-refractivity contribution in [3.8, 4) is 0 Å². The van der Waals surface area contributed by atoms with Gasteiger partial charge >= 0.3 is 0 Å². The van der Waals surface area contributed by atoms with E-state index in [-0.39, 0.29) is 11.3 Å². The quantitative estimate of drug-likeness (QED) is 0.323. The third-order valence-electron chi connectivity index (χ3n) is 3.94. The number of aliphatic hydroxyl groups is 2. The first kappa shape index (κ1) is 22.2. The average molecular weight is 420 g/mol. The van der Waals surface area contributed by atoms with Crippen molar-refractivity contribution in [2.24, 2.45) is 0 Å². The van der Waals surface area contributed by atoms with Crippen LogP contribution in [0.5, 0.6) is 0 Å². The summed E-state index contributed by atoms with van der Waals surface area (Å²) in [5, 5.41) is 35.8. The van der Waals surface area contributed by atoms with Gasteiger partial charge in [-0.25, -0.2) is 17.6 Å². The highest BCUT2D eigenvalue weighted by atomic mass is 19.3. The minimum absolute atomic E-state index is 0.141. The number of carbonyl (C=O) groups is 1. The first-order valence-corrected chi connectivity index (χ1v) is 8.10. The van der Waals surface area contributed by atoms with Gasteiger partial charge in [0.15, 0.2) is 0 Å². The third-order valence-corrected chi connectivity index (χ3v) is 3.94. The van der Waals surface area contributed by atoms with Crippen LogP contribution in [0, 0.1) is 10.1 Å². The predicted octanol–water partition coefficient (Wildman–Crippen LogP) is 1.88. The van der Waals surface area contributed by atoms with Crippen LogP contribution in [0.4, 0.5) is 23.2 Å². The summed E-state index contributed by atoms with van der Waals surface area (Å²) in [6.07, 6.45) is -7.73. The molecule has 0 saturated carbocycles. The highest BCUT2D eigenvalue weighted by Gasteiger charge is 2.26. The Morgan fingerprint density at radius 2 is 1.83 bits per heavy atom. The summed E-state index contributed by atoms with van der Waals surface area (Å²) >= 11 is 0. The molecule has 3 N–H and O–H groups in total. The third kappa shape index (κ3) is 5.48. The molecule has 1 amide bonds. The molecule has 0 aliphatic heterocycles. The van der Waals surface area contributed by atoms with Gasteiger partial charge < -0.3 is 15.5 Å². The molecule has 1 aromatic carbocycles. The summed E-state index contributed by atoms with van der Waals surface area (Å²) in [5.74, 6) is -0.976. The van der Waals surface area contributed by atoms with Crippen molar-refractivity contribution in [3.63, 3.8) is 0 Å². The zero-order chi connectivity index (χ0) is 21.7. The van der Waals surface area contributed by atoms with Gasteiger partial charge in [-0.15, -0.1) is 0 Å². The maximum atomic E-state index is 13.0. The summed E-state index contributed by atoms with van der Waals surface area (Å²) < 4.78 is 51.7. The summed E-state index contributed by atoms with van der Waals surface area (Å²) in [4.78, 5) is 22.1. The van der Waals surface area contributed by atoms with Gasteiger partial charge in [0.1, 0.15) is 24.0 Å². The molecule has 1 aromatic heterocycles. The highest BCUT2D eigenvalue weighted by Crippen LogP contribution is 2.25. The summed E-state index contributed by atoms with van der Waals surface area (Å²) in [6, 6.07) is 3.85. The lowest BCUT2D eigenvalue weighted by Gasteiger charge is -2.22. The van der Waals surface area contributed by atoms with E-state index in [1.807, 2.05) is 0 Å². The van der Waals surface area contributed by atoms with Crippen LogP contribution in [-0.2, 0) is 11.3 Å². The molecule has 0 aliphatic carbocycles. The smallest absolute Gasteiger partial charge is 0.282 e. The normalized spacial score (nSPS) is 13.5. The molecule has 2 unspecified atom stereocenters. The van der Waals surface area contributed by atoms with E-state index in [0.717, 1.165) is 12.1 Å². The van der Waals surface area contributed by atoms with Gasteiger partial charge in [-0.05, 0) is 23.8 Å². The van der Waals surface area contributed by atoms with Crippen LogP contribution in [-0.4, -0.2) is 43.5 Å². The lowest BCUT2D eigenvalue weighted by atomic mass is 10.0. The van der Waals surface area contributed by atoms with Crippen molar-refractivity contribution in [2.45, 2.75) is 31.5 Å². The van der Waals surface area contributed by atoms with Gasteiger partial charge in [0, 0.05) is 12.1 Å². The van der Waals surface area contributed by atoms with E-state index in [1.165, 1.54) is 12.1 Å². The lowest BCUT2D eigenvalue weighted by Crippen LogP contribution is -2.43. The molecule has 0 fully saturated rings. The summed E-state index contributed by atoms with van der Waals surface area (Å²) in [6.45, 7) is -1.61. The zero-order valence-corrected chi connectivity index (χ0v) is 14.6. The number of rotatable bonds is 9. The number of hydrogen-bond donors (Lipinski definition) is 3. The molecular formula is C16H16F4N4O5. The van der Waals surface area contributed by atoms with Gasteiger partial charge in [0.25, 0.3) is 18.5 Å². The molecule has 158 valence electrons. The Hall–Kier alpha value is -3.06. The van der Waals surface area contributed by atoms with Gasteiger partial charge in [-0.1, -0.05) is 0 Å². The standard InChI is InChI=1S/C16H16F4N4O5/c17-15(18)10-5-12(16(19)20)23(22-10)6-13(26)21-11(7-25)14(27)8-1-3-9(4-2-8)24(28)29/h1-5,11,14-16,25,27H,6-7H2,(H,21,26).